The Morgan fingerprint density at radius 2 is 1.68 bits per heavy atom. The molecule has 0 aliphatic carbocycles. The zero-order valence-corrected chi connectivity index (χ0v) is 10.8. The number of aromatic nitrogens is 1. The normalized spacial score (nSPS) is 11.6. The second kappa shape index (κ2) is 4.90. The number of anilines is 1. The van der Waals surface area contributed by atoms with Crippen molar-refractivity contribution in [2.24, 2.45) is 0 Å². The molecule has 0 amide bonds. The number of alkyl halides is 3. The summed E-state index contributed by atoms with van der Waals surface area (Å²) >= 11 is 11.7. The fourth-order valence-corrected chi connectivity index (χ4v) is 2.02. The molecule has 0 aliphatic rings. The molecule has 1 aromatic carbocycles. The molecule has 0 saturated carbocycles. The van der Waals surface area contributed by atoms with Crippen LogP contribution in [0.15, 0.2) is 30.3 Å². The molecule has 1 aromatic heterocycles. The van der Waals surface area contributed by atoms with Gasteiger partial charge in [0.25, 0.3) is 0 Å². The van der Waals surface area contributed by atoms with E-state index in [9.17, 15) is 13.2 Å². The van der Waals surface area contributed by atoms with Crippen molar-refractivity contribution in [2.75, 3.05) is 5.73 Å². The minimum Gasteiger partial charge on any atom is -0.384 e. The van der Waals surface area contributed by atoms with Crippen LogP contribution in [0.5, 0.6) is 0 Å². The van der Waals surface area contributed by atoms with Gasteiger partial charge in [0.15, 0.2) is 5.69 Å². The summed E-state index contributed by atoms with van der Waals surface area (Å²) in [7, 11) is 0. The molecule has 0 saturated heterocycles. The van der Waals surface area contributed by atoms with Crippen molar-refractivity contribution < 1.29 is 13.2 Å². The number of nitrogens with two attached hydrogens (primary N) is 1. The predicted octanol–water partition coefficient (Wildman–Crippen LogP) is 4.66. The van der Waals surface area contributed by atoms with Crippen LogP contribution in [0.1, 0.15) is 5.69 Å². The van der Waals surface area contributed by atoms with Gasteiger partial charge < -0.3 is 5.73 Å². The molecule has 0 unspecified atom stereocenters. The predicted molar refractivity (Wildman–Crippen MR) is 69.1 cm³/mol. The minimum absolute atomic E-state index is 0.0428. The van der Waals surface area contributed by atoms with Crippen molar-refractivity contribution in [3.05, 3.63) is 46.1 Å². The smallest absolute Gasteiger partial charge is 0.384 e. The molecule has 1 heterocycles. The Labute approximate surface area is 117 Å². The molecule has 2 N–H and O–H groups in total. The SMILES string of the molecule is Nc1ccc(-c2cccc(Cl)c2Cl)c(C(F)(F)F)n1. The Kier molecular flexibility index (Phi) is 3.60. The van der Waals surface area contributed by atoms with Crippen LogP contribution in [-0.2, 0) is 6.18 Å². The molecule has 2 rings (SSSR count). The topological polar surface area (TPSA) is 38.9 Å². The van der Waals surface area contributed by atoms with Crippen LogP contribution in [0.25, 0.3) is 11.1 Å². The highest BCUT2D eigenvalue weighted by molar-refractivity contribution is 6.43. The first-order valence-electron chi connectivity index (χ1n) is 5.09. The third-order valence-electron chi connectivity index (χ3n) is 2.43. The van der Waals surface area contributed by atoms with Crippen LogP contribution in [0.3, 0.4) is 0 Å². The van der Waals surface area contributed by atoms with E-state index in [1.807, 2.05) is 0 Å². The minimum atomic E-state index is -4.63. The van der Waals surface area contributed by atoms with Crippen LogP contribution < -0.4 is 5.73 Å². The third-order valence-corrected chi connectivity index (χ3v) is 3.25. The lowest BCUT2D eigenvalue weighted by molar-refractivity contribution is -0.140. The molecule has 19 heavy (non-hydrogen) atoms. The van der Waals surface area contributed by atoms with E-state index in [0.717, 1.165) is 0 Å². The number of nitrogens with zero attached hydrogens (tertiary/aromatic N) is 1. The molecule has 2 nitrogen and oxygen atoms in total. The van der Waals surface area contributed by atoms with Crippen LogP contribution in [0.2, 0.25) is 10.0 Å². The monoisotopic (exact) mass is 306 g/mol. The van der Waals surface area contributed by atoms with E-state index in [-0.39, 0.29) is 27.0 Å². The summed E-state index contributed by atoms with van der Waals surface area (Å²) in [5.74, 6) is -0.214. The Morgan fingerprint density at radius 3 is 2.32 bits per heavy atom. The van der Waals surface area contributed by atoms with Crippen LogP contribution in [-0.4, -0.2) is 4.98 Å². The second-order valence-electron chi connectivity index (χ2n) is 3.73. The van der Waals surface area contributed by atoms with E-state index in [4.69, 9.17) is 28.9 Å². The quantitative estimate of drug-likeness (QED) is 0.832. The third kappa shape index (κ3) is 2.77. The highest BCUT2D eigenvalue weighted by Crippen LogP contribution is 2.40. The molecule has 0 bridgehead atoms. The maximum Gasteiger partial charge on any atom is 0.434 e. The van der Waals surface area contributed by atoms with Gasteiger partial charge in [-0.05, 0) is 18.2 Å². The summed E-state index contributed by atoms with van der Waals surface area (Å²) in [6.07, 6.45) is -4.63. The Morgan fingerprint density at radius 1 is 1.00 bits per heavy atom. The number of nitrogen functional groups attached to an aromatic ring is 1. The van der Waals surface area contributed by atoms with Crippen molar-refractivity contribution in [1.29, 1.82) is 0 Å². The lowest BCUT2D eigenvalue weighted by Gasteiger charge is -2.14. The highest BCUT2D eigenvalue weighted by atomic mass is 35.5. The van der Waals surface area contributed by atoms with Crippen molar-refractivity contribution in [3.8, 4) is 11.1 Å². The average Bonchev–Trinajstić information content (AvgIpc) is 2.32. The number of hydrogen-bond donors (Lipinski definition) is 1. The van der Waals surface area contributed by atoms with Crippen molar-refractivity contribution in [2.45, 2.75) is 6.18 Å². The van der Waals surface area contributed by atoms with Crippen LogP contribution >= 0.6 is 23.2 Å². The largest absolute Gasteiger partial charge is 0.434 e. The number of pyridine rings is 1. The van der Waals surface area contributed by atoms with E-state index in [1.54, 1.807) is 0 Å². The van der Waals surface area contributed by atoms with Gasteiger partial charge in [0, 0.05) is 11.1 Å². The summed E-state index contributed by atoms with van der Waals surface area (Å²) < 4.78 is 38.9. The Hall–Kier alpha value is -1.46. The molecule has 0 spiro atoms. The summed E-state index contributed by atoms with van der Waals surface area (Å²) in [5, 5.41) is 0.213. The van der Waals surface area contributed by atoms with Crippen molar-refractivity contribution >= 4 is 29.0 Å². The number of rotatable bonds is 1. The first-order valence-corrected chi connectivity index (χ1v) is 5.84. The fourth-order valence-electron chi connectivity index (χ4n) is 1.62. The van der Waals surface area contributed by atoms with Gasteiger partial charge in [-0.1, -0.05) is 35.3 Å². The zero-order chi connectivity index (χ0) is 14.2. The first-order chi connectivity index (χ1) is 8.80. The van der Waals surface area contributed by atoms with E-state index >= 15 is 0 Å². The molecule has 7 heteroatoms. The summed E-state index contributed by atoms with van der Waals surface area (Å²) in [4.78, 5) is 3.34. The lowest BCUT2D eigenvalue weighted by Crippen LogP contribution is -2.11. The second-order valence-corrected chi connectivity index (χ2v) is 4.52. The maximum absolute atomic E-state index is 13.0. The van der Waals surface area contributed by atoms with E-state index in [0.29, 0.717) is 0 Å². The highest BCUT2D eigenvalue weighted by Gasteiger charge is 2.36. The maximum atomic E-state index is 13.0. The van der Waals surface area contributed by atoms with Gasteiger partial charge in [-0.15, -0.1) is 0 Å². The van der Waals surface area contributed by atoms with Gasteiger partial charge in [-0.3, -0.25) is 0 Å². The molecule has 2 aromatic rings. The molecular weight excluding hydrogens is 300 g/mol. The van der Waals surface area contributed by atoms with E-state index in [1.165, 1.54) is 30.3 Å². The van der Waals surface area contributed by atoms with Crippen molar-refractivity contribution in [1.82, 2.24) is 4.98 Å². The number of halogens is 5. The summed E-state index contributed by atoms with van der Waals surface area (Å²) in [6, 6.07) is 6.95. The van der Waals surface area contributed by atoms with Gasteiger partial charge in [-0.25, -0.2) is 4.98 Å². The first kappa shape index (κ1) is 14.0. The Bertz CT molecular complexity index is 627. The Balaban J connectivity index is 2.72. The standard InChI is InChI=1S/C12H7Cl2F3N2/c13-8-3-1-2-6(10(8)14)7-4-5-9(18)19-11(7)12(15,16)17/h1-5H,(H2,18,19). The molecule has 100 valence electrons. The fraction of sp³-hybridized carbons (Fsp3) is 0.0833. The van der Waals surface area contributed by atoms with E-state index < -0.39 is 11.9 Å². The van der Waals surface area contributed by atoms with Gasteiger partial charge in [-0.2, -0.15) is 13.2 Å². The zero-order valence-electron chi connectivity index (χ0n) is 9.30. The molecule has 0 fully saturated rings. The lowest BCUT2D eigenvalue weighted by atomic mass is 10.0. The number of hydrogen-bond acceptors (Lipinski definition) is 2. The van der Waals surface area contributed by atoms with Gasteiger partial charge in [0.2, 0.25) is 0 Å². The van der Waals surface area contributed by atoms with Gasteiger partial charge in [0.05, 0.1) is 10.0 Å². The van der Waals surface area contributed by atoms with Crippen LogP contribution in [0, 0.1) is 0 Å². The van der Waals surface area contributed by atoms with Gasteiger partial charge in [0.1, 0.15) is 5.82 Å². The van der Waals surface area contributed by atoms with Crippen molar-refractivity contribution in [3.63, 3.8) is 0 Å². The average molecular weight is 307 g/mol. The van der Waals surface area contributed by atoms with Crippen LogP contribution in [0.4, 0.5) is 19.0 Å². The molecule has 0 radical (unpaired) electrons. The van der Waals surface area contributed by atoms with E-state index in [2.05, 4.69) is 4.98 Å². The summed E-state index contributed by atoms with van der Waals surface area (Å²) in [5.41, 5.74) is 4.22. The number of benzene rings is 1. The molecule has 0 atom stereocenters. The molecule has 0 aliphatic heterocycles. The molecular formula is C12H7Cl2F3N2. The summed E-state index contributed by atoms with van der Waals surface area (Å²) in [6.45, 7) is 0. The van der Waals surface area contributed by atoms with Gasteiger partial charge >= 0.3 is 6.18 Å².